The van der Waals surface area contributed by atoms with Crippen molar-refractivity contribution in [3.63, 3.8) is 0 Å². The van der Waals surface area contributed by atoms with E-state index in [0.717, 1.165) is 31.0 Å². The average Bonchev–Trinajstić information content (AvgIpc) is 2.81. The minimum atomic E-state index is 0.245. The van der Waals surface area contributed by atoms with Crippen LogP contribution >= 0.6 is 11.6 Å². The molecule has 0 saturated heterocycles. The van der Waals surface area contributed by atoms with Gasteiger partial charge in [-0.3, -0.25) is 4.90 Å². The first-order valence-corrected chi connectivity index (χ1v) is 6.17. The van der Waals surface area contributed by atoms with E-state index < -0.39 is 0 Å². The maximum atomic E-state index is 9.83. The van der Waals surface area contributed by atoms with Gasteiger partial charge in [0.05, 0.1) is 6.54 Å². The molecule has 3 rings (SSSR count). The second-order valence-corrected chi connectivity index (χ2v) is 4.80. The summed E-state index contributed by atoms with van der Waals surface area (Å²) in [5.41, 5.74) is 0.770. The Hall–Kier alpha value is -1.59. The number of benzene rings is 1. The first-order valence-electron chi connectivity index (χ1n) is 5.79. The molecule has 0 unspecified atom stereocenters. The number of halogens is 1. The molecule has 1 aromatic carbocycles. The number of hydrogen-bond donors (Lipinski definition) is 1. The summed E-state index contributed by atoms with van der Waals surface area (Å²) in [5.74, 6) is 1.20. The molecular weight excluding hydrogens is 252 g/mol. The Labute approximate surface area is 110 Å². The van der Waals surface area contributed by atoms with E-state index in [4.69, 9.17) is 11.6 Å². The molecule has 6 heteroatoms. The first kappa shape index (κ1) is 11.5. The van der Waals surface area contributed by atoms with Crippen molar-refractivity contribution < 1.29 is 5.11 Å². The molecule has 94 valence electrons. The molecule has 0 bridgehead atoms. The van der Waals surface area contributed by atoms with E-state index in [1.807, 2.05) is 4.57 Å². The Morgan fingerprint density at radius 1 is 1.33 bits per heavy atom. The first-order chi connectivity index (χ1) is 8.74. The minimum Gasteiger partial charge on any atom is -0.508 e. The van der Waals surface area contributed by atoms with Crippen molar-refractivity contribution in [2.75, 3.05) is 6.54 Å². The summed E-state index contributed by atoms with van der Waals surface area (Å²) in [6.45, 7) is 3.12. The SMILES string of the molecule is Oc1cccc(Cl)c1CN1CCn2cnnc2C1. The van der Waals surface area contributed by atoms with E-state index in [1.165, 1.54) is 0 Å². The lowest BCUT2D eigenvalue weighted by Gasteiger charge is -2.27. The van der Waals surface area contributed by atoms with Crippen LogP contribution in [0.2, 0.25) is 5.02 Å². The van der Waals surface area contributed by atoms with E-state index in [-0.39, 0.29) is 5.75 Å². The second-order valence-electron chi connectivity index (χ2n) is 4.39. The number of nitrogens with zero attached hydrogens (tertiary/aromatic N) is 4. The van der Waals surface area contributed by atoms with E-state index in [9.17, 15) is 5.11 Å². The molecule has 18 heavy (non-hydrogen) atoms. The summed E-state index contributed by atoms with van der Waals surface area (Å²) in [4.78, 5) is 2.20. The highest BCUT2D eigenvalue weighted by atomic mass is 35.5. The van der Waals surface area contributed by atoms with Crippen molar-refractivity contribution >= 4 is 11.6 Å². The lowest BCUT2D eigenvalue weighted by atomic mass is 10.1. The van der Waals surface area contributed by atoms with Crippen molar-refractivity contribution in [1.82, 2.24) is 19.7 Å². The quantitative estimate of drug-likeness (QED) is 0.896. The topological polar surface area (TPSA) is 54.2 Å². The van der Waals surface area contributed by atoms with Gasteiger partial charge in [-0.05, 0) is 12.1 Å². The van der Waals surface area contributed by atoms with Gasteiger partial charge < -0.3 is 9.67 Å². The molecule has 0 saturated carbocycles. The predicted molar refractivity (Wildman–Crippen MR) is 67.3 cm³/mol. The van der Waals surface area contributed by atoms with Crippen LogP contribution in [-0.2, 0) is 19.6 Å². The third-order valence-electron chi connectivity index (χ3n) is 3.19. The van der Waals surface area contributed by atoms with Crippen molar-refractivity contribution in [3.05, 3.63) is 40.9 Å². The Morgan fingerprint density at radius 2 is 2.22 bits per heavy atom. The van der Waals surface area contributed by atoms with Gasteiger partial charge in [-0.1, -0.05) is 17.7 Å². The third kappa shape index (κ3) is 2.07. The Balaban J connectivity index is 1.79. The van der Waals surface area contributed by atoms with E-state index in [2.05, 4.69) is 15.1 Å². The number of aromatic nitrogens is 3. The fourth-order valence-corrected chi connectivity index (χ4v) is 2.41. The van der Waals surface area contributed by atoms with Crippen LogP contribution in [0.5, 0.6) is 5.75 Å². The molecule has 0 radical (unpaired) electrons. The van der Waals surface area contributed by atoms with Crippen LogP contribution in [0.15, 0.2) is 24.5 Å². The van der Waals surface area contributed by atoms with Crippen LogP contribution in [0.1, 0.15) is 11.4 Å². The lowest BCUT2D eigenvalue weighted by molar-refractivity contribution is 0.206. The fraction of sp³-hybridized carbons (Fsp3) is 0.333. The van der Waals surface area contributed by atoms with Crippen LogP contribution in [0.25, 0.3) is 0 Å². The van der Waals surface area contributed by atoms with Gasteiger partial charge in [0.2, 0.25) is 0 Å². The second kappa shape index (κ2) is 4.59. The Bertz CT molecular complexity index is 549. The number of rotatable bonds is 2. The van der Waals surface area contributed by atoms with Gasteiger partial charge in [0.25, 0.3) is 0 Å². The molecule has 2 heterocycles. The number of phenolic OH excluding ortho intramolecular Hbond substituents is 1. The summed E-state index contributed by atoms with van der Waals surface area (Å²) in [6, 6.07) is 5.20. The molecule has 1 aromatic heterocycles. The zero-order valence-electron chi connectivity index (χ0n) is 9.75. The van der Waals surface area contributed by atoms with Crippen molar-refractivity contribution in [3.8, 4) is 5.75 Å². The zero-order chi connectivity index (χ0) is 12.5. The van der Waals surface area contributed by atoms with Crippen LogP contribution in [0.4, 0.5) is 0 Å². The fourth-order valence-electron chi connectivity index (χ4n) is 2.18. The third-order valence-corrected chi connectivity index (χ3v) is 3.55. The van der Waals surface area contributed by atoms with E-state index >= 15 is 0 Å². The molecule has 1 N–H and O–H groups in total. The number of aromatic hydroxyl groups is 1. The van der Waals surface area contributed by atoms with Crippen LogP contribution < -0.4 is 0 Å². The van der Waals surface area contributed by atoms with Gasteiger partial charge in [-0.15, -0.1) is 10.2 Å². The molecule has 1 aliphatic heterocycles. The zero-order valence-corrected chi connectivity index (χ0v) is 10.5. The molecule has 5 nitrogen and oxygen atoms in total. The predicted octanol–water partition coefficient (Wildman–Crippen LogP) is 1.65. The van der Waals surface area contributed by atoms with Gasteiger partial charge in [0.15, 0.2) is 0 Å². The molecule has 0 fully saturated rings. The maximum absolute atomic E-state index is 9.83. The lowest BCUT2D eigenvalue weighted by Crippen LogP contribution is -2.33. The highest BCUT2D eigenvalue weighted by molar-refractivity contribution is 6.31. The molecule has 1 aliphatic rings. The van der Waals surface area contributed by atoms with Crippen molar-refractivity contribution in [2.45, 2.75) is 19.6 Å². The molecule has 0 amide bonds. The Kier molecular flexibility index (Phi) is 2.93. The average molecular weight is 265 g/mol. The molecule has 0 spiro atoms. The highest BCUT2D eigenvalue weighted by Gasteiger charge is 2.19. The van der Waals surface area contributed by atoms with Crippen molar-refractivity contribution in [2.24, 2.45) is 0 Å². The van der Waals surface area contributed by atoms with Gasteiger partial charge in [-0.2, -0.15) is 0 Å². The normalized spacial score (nSPS) is 15.6. The number of hydrogen-bond acceptors (Lipinski definition) is 4. The molecule has 0 aliphatic carbocycles. The number of fused-ring (bicyclic) bond motifs is 1. The molecular formula is C12H13ClN4O. The molecule has 0 atom stereocenters. The van der Waals surface area contributed by atoms with Crippen LogP contribution in [-0.4, -0.2) is 31.3 Å². The van der Waals surface area contributed by atoms with E-state index in [0.29, 0.717) is 11.6 Å². The summed E-state index contributed by atoms with van der Waals surface area (Å²) in [7, 11) is 0. The number of phenols is 1. The van der Waals surface area contributed by atoms with Crippen molar-refractivity contribution in [1.29, 1.82) is 0 Å². The summed E-state index contributed by atoms with van der Waals surface area (Å²) < 4.78 is 2.04. The summed E-state index contributed by atoms with van der Waals surface area (Å²) in [5, 5.41) is 18.4. The van der Waals surface area contributed by atoms with Gasteiger partial charge in [0.1, 0.15) is 17.9 Å². The maximum Gasteiger partial charge on any atom is 0.147 e. The minimum absolute atomic E-state index is 0.245. The summed E-state index contributed by atoms with van der Waals surface area (Å²) >= 11 is 6.11. The Morgan fingerprint density at radius 3 is 3.06 bits per heavy atom. The standard InChI is InChI=1S/C12H13ClN4O/c13-10-2-1-3-11(18)9(10)6-16-4-5-17-8-14-15-12(17)7-16/h1-3,8,18H,4-7H2. The van der Waals surface area contributed by atoms with Gasteiger partial charge >= 0.3 is 0 Å². The smallest absolute Gasteiger partial charge is 0.147 e. The van der Waals surface area contributed by atoms with Crippen LogP contribution in [0, 0.1) is 0 Å². The summed E-state index contributed by atoms with van der Waals surface area (Å²) in [6.07, 6.45) is 1.75. The monoisotopic (exact) mass is 264 g/mol. The molecule has 2 aromatic rings. The largest absolute Gasteiger partial charge is 0.508 e. The van der Waals surface area contributed by atoms with Crippen LogP contribution in [0.3, 0.4) is 0 Å². The van der Waals surface area contributed by atoms with Gasteiger partial charge in [-0.25, -0.2) is 0 Å². The van der Waals surface area contributed by atoms with E-state index in [1.54, 1.807) is 24.5 Å². The highest BCUT2D eigenvalue weighted by Crippen LogP contribution is 2.27. The van der Waals surface area contributed by atoms with Gasteiger partial charge in [0, 0.05) is 30.2 Å².